The summed E-state index contributed by atoms with van der Waals surface area (Å²) >= 11 is 0. The van der Waals surface area contributed by atoms with Crippen molar-refractivity contribution in [1.82, 2.24) is 9.80 Å². The van der Waals surface area contributed by atoms with Crippen LogP contribution in [-0.4, -0.2) is 55.7 Å². The Kier molecular flexibility index (Phi) is 2.50. The number of rotatable bonds is 2. The van der Waals surface area contributed by atoms with Gasteiger partial charge >= 0.3 is 6.18 Å². The van der Waals surface area contributed by atoms with E-state index in [2.05, 4.69) is 11.9 Å². The van der Waals surface area contributed by atoms with Crippen LogP contribution < -0.4 is 0 Å². The van der Waals surface area contributed by atoms with Gasteiger partial charge in [0.2, 0.25) is 0 Å². The van der Waals surface area contributed by atoms with E-state index in [4.69, 9.17) is 0 Å². The van der Waals surface area contributed by atoms with Crippen LogP contribution in [0.1, 0.15) is 12.8 Å². The molecule has 0 aromatic carbocycles. The van der Waals surface area contributed by atoms with Gasteiger partial charge in [0.05, 0.1) is 6.54 Å². The van der Waals surface area contributed by atoms with Crippen LogP contribution in [0.15, 0.2) is 0 Å². The van der Waals surface area contributed by atoms with Crippen LogP contribution in [0.3, 0.4) is 0 Å². The number of alkyl halides is 3. The summed E-state index contributed by atoms with van der Waals surface area (Å²) in [6, 6.07) is 0.139. The monoisotopic (exact) mass is 222 g/mol. The molecular formula is C10H17F3N2. The molecule has 0 atom stereocenters. The highest BCUT2D eigenvalue weighted by atomic mass is 19.4. The van der Waals surface area contributed by atoms with Gasteiger partial charge in [-0.15, -0.1) is 0 Å². The number of hydrogen-bond acceptors (Lipinski definition) is 2. The smallest absolute Gasteiger partial charge is 0.305 e. The van der Waals surface area contributed by atoms with Crippen molar-refractivity contribution in [1.29, 1.82) is 0 Å². The normalized spacial score (nSPS) is 26.8. The van der Waals surface area contributed by atoms with Gasteiger partial charge in [-0.25, -0.2) is 0 Å². The molecule has 1 saturated carbocycles. The standard InChI is InChI=1S/C10H17F3N2/c1-14-5-9(6-14)3-8(4-9)15(2)7-10(11,12)13/h8H,3-7H2,1-2H3. The molecule has 0 unspecified atom stereocenters. The largest absolute Gasteiger partial charge is 0.401 e. The van der Waals surface area contributed by atoms with Crippen LogP contribution in [0.2, 0.25) is 0 Å². The maximum atomic E-state index is 12.1. The fourth-order valence-electron chi connectivity index (χ4n) is 3.02. The molecule has 1 spiro atoms. The summed E-state index contributed by atoms with van der Waals surface area (Å²) in [6.45, 7) is 1.34. The van der Waals surface area contributed by atoms with Gasteiger partial charge in [0.1, 0.15) is 0 Å². The van der Waals surface area contributed by atoms with Gasteiger partial charge in [-0.3, -0.25) is 4.90 Å². The van der Waals surface area contributed by atoms with E-state index in [0.717, 1.165) is 25.9 Å². The maximum Gasteiger partial charge on any atom is 0.401 e. The third-order valence-corrected chi connectivity index (χ3v) is 3.60. The summed E-state index contributed by atoms with van der Waals surface area (Å²) in [5.41, 5.74) is 0.360. The fourth-order valence-corrected chi connectivity index (χ4v) is 3.02. The molecule has 5 heteroatoms. The predicted molar refractivity (Wildman–Crippen MR) is 51.6 cm³/mol. The predicted octanol–water partition coefficient (Wildman–Crippen LogP) is 1.57. The third-order valence-electron chi connectivity index (χ3n) is 3.60. The lowest BCUT2D eigenvalue weighted by atomic mass is 9.60. The van der Waals surface area contributed by atoms with Crippen LogP contribution in [0.25, 0.3) is 0 Å². The molecule has 0 aromatic heterocycles. The van der Waals surface area contributed by atoms with Crippen molar-refractivity contribution in [3.05, 3.63) is 0 Å². The lowest BCUT2D eigenvalue weighted by Gasteiger charge is -2.60. The van der Waals surface area contributed by atoms with Crippen LogP contribution in [0, 0.1) is 5.41 Å². The SMILES string of the molecule is CN1CC2(CC(N(C)CC(F)(F)F)C2)C1. The molecule has 0 aromatic rings. The first-order valence-electron chi connectivity index (χ1n) is 5.25. The average Bonchev–Trinajstić information content (AvgIpc) is 1.89. The highest BCUT2D eigenvalue weighted by molar-refractivity contribution is 5.06. The summed E-state index contributed by atoms with van der Waals surface area (Å²) in [4.78, 5) is 3.67. The van der Waals surface area contributed by atoms with Gasteiger partial charge in [-0.05, 0) is 32.4 Å². The molecule has 2 rings (SSSR count). The summed E-state index contributed by atoms with van der Waals surface area (Å²) in [5.74, 6) is 0. The van der Waals surface area contributed by atoms with Crippen molar-refractivity contribution in [2.75, 3.05) is 33.7 Å². The van der Waals surface area contributed by atoms with E-state index in [9.17, 15) is 13.2 Å². The fraction of sp³-hybridized carbons (Fsp3) is 1.00. The molecule has 1 aliphatic heterocycles. The first-order valence-corrected chi connectivity index (χ1v) is 5.25. The second kappa shape index (κ2) is 3.35. The molecule has 88 valence electrons. The molecule has 1 saturated heterocycles. The molecule has 0 amide bonds. The van der Waals surface area contributed by atoms with E-state index >= 15 is 0 Å². The van der Waals surface area contributed by atoms with Gasteiger partial charge in [-0.1, -0.05) is 0 Å². The molecule has 2 nitrogen and oxygen atoms in total. The Labute approximate surface area is 88.0 Å². The number of nitrogens with zero attached hydrogens (tertiary/aromatic N) is 2. The van der Waals surface area contributed by atoms with Crippen molar-refractivity contribution in [3.8, 4) is 0 Å². The molecule has 0 bridgehead atoms. The minimum atomic E-state index is -4.06. The molecule has 15 heavy (non-hydrogen) atoms. The van der Waals surface area contributed by atoms with Crippen molar-refractivity contribution < 1.29 is 13.2 Å². The number of halogens is 3. The summed E-state index contributed by atoms with van der Waals surface area (Å²) in [5, 5.41) is 0. The second-order valence-electron chi connectivity index (χ2n) is 5.26. The van der Waals surface area contributed by atoms with Crippen molar-refractivity contribution in [2.24, 2.45) is 5.41 Å². The van der Waals surface area contributed by atoms with Crippen LogP contribution in [-0.2, 0) is 0 Å². The minimum Gasteiger partial charge on any atom is -0.305 e. The zero-order valence-corrected chi connectivity index (χ0v) is 9.14. The first kappa shape index (κ1) is 11.2. The molecular weight excluding hydrogens is 205 g/mol. The van der Waals surface area contributed by atoms with E-state index < -0.39 is 12.7 Å². The van der Waals surface area contributed by atoms with E-state index in [0.29, 0.717) is 5.41 Å². The van der Waals surface area contributed by atoms with Gasteiger partial charge in [-0.2, -0.15) is 13.2 Å². The van der Waals surface area contributed by atoms with Gasteiger partial charge in [0.15, 0.2) is 0 Å². The van der Waals surface area contributed by atoms with Crippen molar-refractivity contribution in [3.63, 3.8) is 0 Å². The summed E-state index contributed by atoms with van der Waals surface area (Å²) < 4.78 is 36.4. The second-order valence-corrected chi connectivity index (χ2v) is 5.26. The molecule has 2 aliphatic rings. The van der Waals surface area contributed by atoms with E-state index in [1.54, 1.807) is 7.05 Å². The van der Waals surface area contributed by atoms with Crippen LogP contribution in [0.4, 0.5) is 13.2 Å². The van der Waals surface area contributed by atoms with Gasteiger partial charge in [0, 0.05) is 19.1 Å². The Morgan fingerprint density at radius 3 is 2.27 bits per heavy atom. The third kappa shape index (κ3) is 2.28. The van der Waals surface area contributed by atoms with Gasteiger partial charge < -0.3 is 4.90 Å². The summed E-state index contributed by atoms with van der Waals surface area (Å²) in [6.07, 6.45) is -2.19. The topological polar surface area (TPSA) is 6.48 Å². The first-order chi connectivity index (χ1) is 6.80. The van der Waals surface area contributed by atoms with E-state index in [-0.39, 0.29) is 6.04 Å². The molecule has 1 heterocycles. The highest BCUT2D eigenvalue weighted by Crippen LogP contribution is 2.49. The van der Waals surface area contributed by atoms with Crippen molar-refractivity contribution >= 4 is 0 Å². The number of likely N-dealkylation sites (tertiary alicyclic amines) is 1. The Morgan fingerprint density at radius 2 is 1.87 bits per heavy atom. The van der Waals surface area contributed by atoms with E-state index in [1.165, 1.54) is 4.90 Å². The zero-order chi connectivity index (χ0) is 11.3. The Balaban J connectivity index is 1.75. The Morgan fingerprint density at radius 1 is 1.33 bits per heavy atom. The number of hydrogen-bond donors (Lipinski definition) is 0. The molecule has 2 fully saturated rings. The average molecular weight is 222 g/mol. The Hall–Kier alpha value is -0.290. The maximum absolute atomic E-state index is 12.1. The molecule has 0 radical (unpaired) electrons. The quantitative estimate of drug-likeness (QED) is 0.700. The zero-order valence-electron chi connectivity index (χ0n) is 9.14. The highest BCUT2D eigenvalue weighted by Gasteiger charge is 2.52. The summed E-state index contributed by atoms with van der Waals surface area (Å²) in [7, 11) is 3.63. The van der Waals surface area contributed by atoms with E-state index in [1.807, 2.05) is 0 Å². The van der Waals surface area contributed by atoms with Crippen LogP contribution in [0.5, 0.6) is 0 Å². The van der Waals surface area contributed by atoms with Gasteiger partial charge in [0.25, 0.3) is 0 Å². The molecule has 1 aliphatic carbocycles. The van der Waals surface area contributed by atoms with Crippen molar-refractivity contribution in [2.45, 2.75) is 25.1 Å². The molecule has 0 N–H and O–H groups in total. The lowest BCUT2D eigenvalue weighted by molar-refractivity contribution is -0.166. The van der Waals surface area contributed by atoms with Crippen LogP contribution >= 0.6 is 0 Å². The minimum absolute atomic E-state index is 0.139. The Bertz CT molecular complexity index is 238. The lowest BCUT2D eigenvalue weighted by Crippen LogP contribution is -2.65.